The Morgan fingerprint density at radius 2 is 1.59 bits per heavy atom. The van der Waals surface area contributed by atoms with Gasteiger partial charge in [-0.3, -0.25) is 9.69 Å². The van der Waals surface area contributed by atoms with Crippen molar-refractivity contribution < 1.29 is 13.2 Å². The second-order valence-electron chi connectivity index (χ2n) is 7.25. The van der Waals surface area contributed by atoms with Crippen molar-refractivity contribution in [1.82, 2.24) is 9.21 Å². The average molecular weight is 385 g/mol. The van der Waals surface area contributed by atoms with E-state index in [1.54, 1.807) is 10.4 Å². The van der Waals surface area contributed by atoms with Crippen LogP contribution in [-0.4, -0.2) is 56.1 Å². The van der Waals surface area contributed by atoms with E-state index in [1.807, 2.05) is 47.4 Å². The van der Waals surface area contributed by atoms with E-state index in [0.717, 1.165) is 19.3 Å². The zero-order valence-electron chi connectivity index (χ0n) is 15.3. The zero-order chi connectivity index (χ0) is 18.9. The van der Waals surface area contributed by atoms with E-state index in [9.17, 15) is 13.2 Å². The number of nitrogens with zero attached hydrogens (tertiary/aromatic N) is 2. The Kier molecular flexibility index (Phi) is 5.12. The third-order valence-corrected chi connectivity index (χ3v) is 7.40. The van der Waals surface area contributed by atoms with Gasteiger partial charge in [0.25, 0.3) is 0 Å². The molecule has 0 amide bonds. The lowest BCUT2D eigenvalue weighted by molar-refractivity contribution is 0.0901. The summed E-state index contributed by atoms with van der Waals surface area (Å²) in [6.45, 7) is 2.31. The molecular formula is C21H24N2O3S. The molecule has 1 saturated heterocycles. The molecule has 0 aromatic heterocycles. The van der Waals surface area contributed by atoms with Gasteiger partial charge in [-0.1, -0.05) is 36.4 Å². The van der Waals surface area contributed by atoms with Crippen LogP contribution in [-0.2, 0) is 22.9 Å². The molecule has 1 fully saturated rings. The predicted molar refractivity (Wildman–Crippen MR) is 104 cm³/mol. The largest absolute Gasteiger partial charge is 0.293 e. The van der Waals surface area contributed by atoms with Crippen LogP contribution in [0.15, 0.2) is 53.4 Å². The quantitative estimate of drug-likeness (QED) is 0.743. The summed E-state index contributed by atoms with van der Waals surface area (Å²) in [5.74, 6) is 0.0746. The van der Waals surface area contributed by atoms with Crippen molar-refractivity contribution in [2.24, 2.45) is 0 Å². The normalized spacial score (nSPS) is 18.4. The number of hydrogen-bond donors (Lipinski definition) is 0. The van der Waals surface area contributed by atoms with Crippen LogP contribution in [0.2, 0.25) is 0 Å². The molecule has 2 aromatic rings. The Morgan fingerprint density at radius 3 is 2.33 bits per heavy atom. The number of rotatable bonds is 5. The second-order valence-corrected chi connectivity index (χ2v) is 9.19. The van der Waals surface area contributed by atoms with E-state index in [4.69, 9.17) is 0 Å². The van der Waals surface area contributed by atoms with E-state index in [2.05, 4.69) is 0 Å². The number of Topliss-reactive ketones (excluding diaryl/α,β-unsaturated/α-hetero) is 1. The monoisotopic (exact) mass is 384 g/mol. The van der Waals surface area contributed by atoms with Gasteiger partial charge in [-0.15, -0.1) is 0 Å². The van der Waals surface area contributed by atoms with Crippen molar-refractivity contribution in [2.45, 2.75) is 24.2 Å². The van der Waals surface area contributed by atoms with E-state index >= 15 is 0 Å². The fraction of sp³-hybridized carbons (Fsp3) is 0.381. The van der Waals surface area contributed by atoms with Crippen LogP contribution in [0, 0.1) is 0 Å². The van der Waals surface area contributed by atoms with Gasteiger partial charge in [0.1, 0.15) is 0 Å². The van der Waals surface area contributed by atoms with E-state index in [1.165, 1.54) is 11.1 Å². The van der Waals surface area contributed by atoms with Crippen LogP contribution in [0.5, 0.6) is 0 Å². The first-order chi connectivity index (χ1) is 13.0. The molecule has 0 unspecified atom stereocenters. The fourth-order valence-electron chi connectivity index (χ4n) is 3.90. The van der Waals surface area contributed by atoms with Gasteiger partial charge in [-0.25, -0.2) is 8.42 Å². The summed E-state index contributed by atoms with van der Waals surface area (Å²) in [4.78, 5) is 14.8. The lowest BCUT2D eigenvalue weighted by Crippen LogP contribution is -2.49. The van der Waals surface area contributed by atoms with Crippen LogP contribution >= 0.6 is 0 Å². The maximum atomic E-state index is 13.0. The number of benzene rings is 2. The SMILES string of the molecule is O=C(CN1CCN(S(=O)(=O)c2ccc3c(c2)CCC3)CC1)c1ccccc1. The van der Waals surface area contributed by atoms with Gasteiger partial charge in [0.2, 0.25) is 10.0 Å². The van der Waals surface area contributed by atoms with Gasteiger partial charge >= 0.3 is 0 Å². The van der Waals surface area contributed by atoms with Crippen LogP contribution in [0.1, 0.15) is 27.9 Å². The first-order valence-electron chi connectivity index (χ1n) is 9.46. The zero-order valence-corrected chi connectivity index (χ0v) is 16.1. The molecule has 0 saturated carbocycles. The number of hydrogen-bond acceptors (Lipinski definition) is 4. The van der Waals surface area contributed by atoms with E-state index in [-0.39, 0.29) is 5.78 Å². The topological polar surface area (TPSA) is 57.7 Å². The van der Waals surface area contributed by atoms with Crippen LogP contribution in [0.25, 0.3) is 0 Å². The van der Waals surface area contributed by atoms with Crippen molar-refractivity contribution in [2.75, 3.05) is 32.7 Å². The molecule has 5 nitrogen and oxygen atoms in total. The molecule has 2 aliphatic rings. The predicted octanol–water partition coefficient (Wildman–Crippen LogP) is 2.36. The maximum absolute atomic E-state index is 13.0. The Hall–Kier alpha value is -2.02. The number of carbonyl (C=O) groups is 1. The minimum absolute atomic E-state index is 0.0746. The van der Waals surface area contributed by atoms with Crippen LogP contribution < -0.4 is 0 Å². The molecule has 6 heteroatoms. The lowest BCUT2D eigenvalue weighted by atomic mass is 10.1. The van der Waals surface area contributed by atoms with E-state index < -0.39 is 10.0 Å². The highest BCUT2D eigenvalue weighted by atomic mass is 32.2. The summed E-state index contributed by atoms with van der Waals surface area (Å²) in [6, 6.07) is 14.8. The number of aryl methyl sites for hydroxylation is 2. The van der Waals surface area contributed by atoms with Gasteiger partial charge in [0, 0.05) is 31.7 Å². The number of sulfonamides is 1. The molecular weight excluding hydrogens is 360 g/mol. The van der Waals surface area contributed by atoms with Crippen LogP contribution in [0.3, 0.4) is 0 Å². The summed E-state index contributed by atoms with van der Waals surface area (Å²) in [6.07, 6.45) is 3.12. The van der Waals surface area contributed by atoms with Gasteiger partial charge in [0.15, 0.2) is 5.78 Å². The fourth-order valence-corrected chi connectivity index (χ4v) is 5.38. The van der Waals surface area contributed by atoms with Crippen molar-refractivity contribution >= 4 is 15.8 Å². The first-order valence-corrected chi connectivity index (χ1v) is 10.9. The highest BCUT2D eigenvalue weighted by Gasteiger charge is 2.30. The summed E-state index contributed by atoms with van der Waals surface area (Å²) in [5.41, 5.74) is 3.15. The molecule has 0 spiro atoms. The molecule has 142 valence electrons. The number of fused-ring (bicyclic) bond motifs is 1. The molecule has 2 aromatic carbocycles. The van der Waals surface area contributed by atoms with E-state index in [0.29, 0.717) is 43.2 Å². The molecule has 4 rings (SSSR count). The van der Waals surface area contributed by atoms with Crippen molar-refractivity contribution in [3.05, 3.63) is 65.2 Å². The second kappa shape index (κ2) is 7.54. The molecule has 0 atom stereocenters. The standard InChI is InChI=1S/C21H24N2O3S/c24-21(18-5-2-1-3-6-18)16-22-11-13-23(14-12-22)27(25,26)20-10-9-17-7-4-8-19(17)15-20/h1-3,5-6,9-10,15H,4,7-8,11-14,16H2. The third-order valence-electron chi connectivity index (χ3n) is 5.50. The Labute approximate surface area is 160 Å². The summed E-state index contributed by atoms with van der Waals surface area (Å²) >= 11 is 0. The lowest BCUT2D eigenvalue weighted by Gasteiger charge is -2.33. The van der Waals surface area contributed by atoms with Gasteiger partial charge < -0.3 is 0 Å². The molecule has 1 aliphatic carbocycles. The average Bonchev–Trinajstić information content (AvgIpc) is 3.17. The van der Waals surface area contributed by atoms with Gasteiger partial charge in [-0.05, 0) is 42.5 Å². The Morgan fingerprint density at radius 1 is 0.889 bits per heavy atom. The van der Waals surface area contributed by atoms with Gasteiger partial charge in [0.05, 0.1) is 11.4 Å². The Balaban J connectivity index is 1.39. The van der Waals surface area contributed by atoms with Crippen molar-refractivity contribution in [3.8, 4) is 0 Å². The van der Waals surface area contributed by atoms with Gasteiger partial charge in [-0.2, -0.15) is 4.31 Å². The molecule has 0 radical (unpaired) electrons. The summed E-state index contributed by atoms with van der Waals surface area (Å²) in [7, 11) is -3.47. The molecule has 27 heavy (non-hydrogen) atoms. The number of piperazine rings is 1. The summed E-state index contributed by atoms with van der Waals surface area (Å²) in [5, 5.41) is 0. The number of carbonyl (C=O) groups excluding carboxylic acids is 1. The summed E-state index contributed by atoms with van der Waals surface area (Å²) < 4.78 is 27.5. The van der Waals surface area contributed by atoms with Crippen molar-refractivity contribution in [3.63, 3.8) is 0 Å². The smallest absolute Gasteiger partial charge is 0.243 e. The first kappa shape index (κ1) is 18.3. The molecule has 1 aliphatic heterocycles. The number of ketones is 1. The maximum Gasteiger partial charge on any atom is 0.243 e. The molecule has 1 heterocycles. The Bertz CT molecular complexity index is 933. The molecule has 0 bridgehead atoms. The minimum Gasteiger partial charge on any atom is -0.293 e. The highest BCUT2D eigenvalue weighted by Crippen LogP contribution is 2.26. The third kappa shape index (κ3) is 3.83. The van der Waals surface area contributed by atoms with Crippen LogP contribution in [0.4, 0.5) is 0 Å². The highest BCUT2D eigenvalue weighted by molar-refractivity contribution is 7.89. The molecule has 0 N–H and O–H groups in total. The minimum atomic E-state index is -3.47. The van der Waals surface area contributed by atoms with Crippen molar-refractivity contribution in [1.29, 1.82) is 0 Å².